The molecular weight excluding hydrogens is 538 g/mol. The van der Waals surface area contributed by atoms with Crippen molar-refractivity contribution in [3.8, 4) is 0 Å². The normalized spacial score (nSPS) is 11.9. The summed E-state index contributed by atoms with van der Waals surface area (Å²) < 4.78 is 45.0. The summed E-state index contributed by atoms with van der Waals surface area (Å²) >= 11 is 17.5. The molecule has 0 atom stereocenters. The monoisotopic (exact) mass is 563 g/mol. The van der Waals surface area contributed by atoms with Gasteiger partial charge < -0.3 is 10.1 Å². The van der Waals surface area contributed by atoms with Gasteiger partial charge in [0.15, 0.2) is 5.78 Å². The van der Waals surface area contributed by atoms with Gasteiger partial charge >= 0.3 is 12.1 Å². The van der Waals surface area contributed by atoms with Gasteiger partial charge in [-0.25, -0.2) is 4.79 Å². The Morgan fingerprint density at radius 2 is 1.58 bits per heavy atom. The van der Waals surface area contributed by atoms with E-state index in [9.17, 15) is 22.8 Å². The van der Waals surface area contributed by atoms with E-state index in [4.69, 9.17) is 39.5 Å². The molecule has 4 nitrogen and oxygen atoms in total. The van der Waals surface area contributed by atoms with E-state index < -0.39 is 24.0 Å². The molecule has 0 aliphatic heterocycles. The molecule has 0 spiro atoms. The lowest BCUT2D eigenvalue weighted by atomic mass is 10.0. The quantitative estimate of drug-likeness (QED) is 0.198. The number of allylic oxidation sites excluding steroid dienone is 3. The van der Waals surface area contributed by atoms with Crippen molar-refractivity contribution in [2.24, 2.45) is 0 Å². The van der Waals surface area contributed by atoms with Crippen molar-refractivity contribution in [2.45, 2.75) is 39.8 Å². The van der Waals surface area contributed by atoms with Crippen LogP contribution in [0.3, 0.4) is 0 Å². The Hall–Kier alpha value is -2.48. The van der Waals surface area contributed by atoms with E-state index in [1.54, 1.807) is 20.9 Å². The van der Waals surface area contributed by atoms with Gasteiger partial charge in [-0.3, -0.25) is 4.79 Å². The molecule has 2 aromatic rings. The van der Waals surface area contributed by atoms with Gasteiger partial charge in [0.05, 0.1) is 22.9 Å². The number of esters is 1. The van der Waals surface area contributed by atoms with Crippen LogP contribution in [0.2, 0.25) is 15.1 Å². The number of carbonyl (C=O) groups is 2. The van der Waals surface area contributed by atoms with Crippen molar-refractivity contribution >= 4 is 57.8 Å². The van der Waals surface area contributed by atoms with Crippen LogP contribution in [0, 0.1) is 0 Å². The van der Waals surface area contributed by atoms with E-state index >= 15 is 0 Å². The number of Topliss-reactive ketones (excluding diaryl/α,β-unsaturated/α-hetero) is 1. The Morgan fingerprint density at radius 1 is 0.972 bits per heavy atom. The zero-order chi connectivity index (χ0) is 27.5. The minimum atomic E-state index is -4.66. The highest BCUT2D eigenvalue weighted by Crippen LogP contribution is 2.36. The highest BCUT2D eigenvalue weighted by atomic mass is 35.5. The van der Waals surface area contributed by atoms with Gasteiger partial charge in [-0.05, 0) is 62.2 Å². The molecule has 0 radical (unpaired) electrons. The molecule has 0 amide bonds. The second kappa shape index (κ2) is 14.9. The number of hydrogen-bond donors (Lipinski definition) is 1. The van der Waals surface area contributed by atoms with Crippen molar-refractivity contribution in [1.29, 1.82) is 0 Å². The predicted molar refractivity (Wildman–Crippen MR) is 141 cm³/mol. The maximum atomic E-state index is 13.4. The van der Waals surface area contributed by atoms with E-state index in [1.807, 2.05) is 13.0 Å². The summed E-state index contributed by atoms with van der Waals surface area (Å²) in [7, 11) is 1.63. The lowest BCUT2D eigenvalue weighted by Gasteiger charge is -2.13. The second-order valence-electron chi connectivity index (χ2n) is 7.36. The fraction of sp³-hybridized carbons (Fsp3) is 0.308. The van der Waals surface area contributed by atoms with Crippen molar-refractivity contribution in [2.75, 3.05) is 19.0 Å². The summed E-state index contributed by atoms with van der Waals surface area (Å²) in [5, 5.41) is 3.36. The largest absolute Gasteiger partial charge is 0.463 e. The standard InChI is InChI=1S/C18H13Cl3F3NO.C8H14O2/c1-25-16-8-10(2-4-15(16)21)17(26)5-3-14(18(22,23)24)11-6-12(19)9-13(20)7-11;1-4-6-7(3)8(9)10-5-2/h2-4,6-9,25H,5H2,1H3;6H,4-5H2,1-3H3/b14-3-;7-6-. The summed E-state index contributed by atoms with van der Waals surface area (Å²) in [4.78, 5) is 23.1. The van der Waals surface area contributed by atoms with Crippen LogP contribution >= 0.6 is 34.8 Å². The number of benzene rings is 2. The fourth-order valence-electron chi connectivity index (χ4n) is 2.94. The SMILES string of the molecule is CC/C=C(/C)C(=O)OCC.CNc1cc(C(=O)C/C=C(/c2cc(Cl)cc(Cl)c2)C(F)(F)F)ccc1Cl. The van der Waals surface area contributed by atoms with Gasteiger partial charge in [0.2, 0.25) is 0 Å². The third kappa shape index (κ3) is 10.2. The summed E-state index contributed by atoms with van der Waals surface area (Å²) in [5.41, 5.74) is 0.289. The number of nitrogens with one attached hydrogen (secondary N) is 1. The zero-order valence-corrected chi connectivity index (χ0v) is 22.5. The Morgan fingerprint density at radius 3 is 2.08 bits per heavy atom. The molecule has 0 fully saturated rings. The first kappa shape index (κ1) is 31.5. The molecule has 0 aromatic heterocycles. The molecule has 196 valence electrons. The number of anilines is 1. The van der Waals surface area contributed by atoms with Crippen molar-refractivity contribution < 1.29 is 27.5 Å². The van der Waals surface area contributed by atoms with Crippen LogP contribution in [-0.4, -0.2) is 31.6 Å². The van der Waals surface area contributed by atoms with Crippen LogP contribution in [0.5, 0.6) is 0 Å². The Balaban J connectivity index is 0.000000548. The highest BCUT2D eigenvalue weighted by Gasteiger charge is 2.35. The Kier molecular flexibility index (Phi) is 13.1. The van der Waals surface area contributed by atoms with Crippen LogP contribution in [0.25, 0.3) is 5.57 Å². The van der Waals surface area contributed by atoms with Crippen molar-refractivity contribution in [3.63, 3.8) is 0 Å². The zero-order valence-electron chi connectivity index (χ0n) is 20.2. The van der Waals surface area contributed by atoms with Crippen LogP contribution in [0.4, 0.5) is 18.9 Å². The fourth-order valence-corrected chi connectivity index (χ4v) is 3.68. The number of halogens is 6. The van der Waals surface area contributed by atoms with Crippen LogP contribution < -0.4 is 5.32 Å². The van der Waals surface area contributed by atoms with E-state index in [0.717, 1.165) is 24.6 Å². The number of alkyl halides is 3. The molecule has 0 saturated heterocycles. The van der Waals surface area contributed by atoms with E-state index in [1.165, 1.54) is 24.3 Å². The molecule has 36 heavy (non-hydrogen) atoms. The highest BCUT2D eigenvalue weighted by molar-refractivity contribution is 6.35. The second-order valence-corrected chi connectivity index (χ2v) is 8.64. The van der Waals surface area contributed by atoms with E-state index in [2.05, 4.69) is 5.32 Å². The van der Waals surface area contributed by atoms with Gasteiger partial charge in [0.25, 0.3) is 0 Å². The molecule has 2 rings (SSSR count). The van der Waals surface area contributed by atoms with Gasteiger partial charge in [-0.15, -0.1) is 0 Å². The maximum absolute atomic E-state index is 13.4. The number of carbonyl (C=O) groups excluding carboxylic acids is 2. The number of rotatable bonds is 8. The van der Waals surface area contributed by atoms with Crippen LogP contribution in [0.15, 0.2) is 54.1 Å². The summed E-state index contributed by atoms with van der Waals surface area (Å²) in [6.07, 6.45) is -1.53. The third-order valence-electron chi connectivity index (χ3n) is 4.64. The minimum absolute atomic E-state index is 0.0744. The molecule has 0 aliphatic rings. The maximum Gasteiger partial charge on any atom is 0.416 e. The molecule has 0 bridgehead atoms. The van der Waals surface area contributed by atoms with Gasteiger partial charge in [-0.2, -0.15) is 13.2 Å². The predicted octanol–water partition coefficient (Wildman–Crippen LogP) is 8.81. The smallest absolute Gasteiger partial charge is 0.416 e. The molecule has 0 heterocycles. The minimum Gasteiger partial charge on any atom is -0.463 e. The number of ketones is 1. The molecule has 0 saturated carbocycles. The molecular formula is C26H27Cl3F3NO3. The van der Waals surface area contributed by atoms with E-state index in [0.29, 0.717) is 22.9 Å². The number of hydrogen-bond acceptors (Lipinski definition) is 4. The van der Waals surface area contributed by atoms with Gasteiger partial charge in [-0.1, -0.05) is 53.9 Å². The lowest BCUT2D eigenvalue weighted by Crippen LogP contribution is -2.12. The summed E-state index contributed by atoms with van der Waals surface area (Å²) in [6, 6.07) is 8.09. The first-order valence-corrected chi connectivity index (χ1v) is 12.1. The summed E-state index contributed by atoms with van der Waals surface area (Å²) in [5.74, 6) is -0.683. The van der Waals surface area contributed by atoms with Crippen molar-refractivity contribution in [3.05, 3.63) is 80.3 Å². The van der Waals surface area contributed by atoms with Crippen molar-refractivity contribution in [1.82, 2.24) is 0 Å². The molecule has 10 heteroatoms. The Labute approximate surface area is 224 Å². The molecule has 2 aromatic carbocycles. The first-order valence-electron chi connectivity index (χ1n) is 10.9. The molecule has 0 unspecified atom stereocenters. The van der Waals surface area contributed by atoms with Gasteiger partial charge in [0, 0.05) is 34.7 Å². The molecule has 1 N–H and O–H groups in total. The van der Waals surface area contributed by atoms with Gasteiger partial charge in [0.1, 0.15) is 0 Å². The summed E-state index contributed by atoms with van der Waals surface area (Å²) in [6.45, 7) is 6.01. The Bertz CT molecular complexity index is 1110. The average molecular weight is 565 g/mol. The van der Waals surface area contributed by atoms with E-state index in [-0.39, 0.29) is 27.1 Å². The average Bonchev–Trinajstić information content (AvgIpc) is 2.78. The third-order valence-corrected chi connectivity index (χ3v) is 5.40. The van der Waals surface area contributed by atoms with Crippen LogP contribution in [-0.2, 0) is 9.53 Å². The molecule has 0 aliphatic carbocycles. The first-order chi connectivity index (χ1) is 16.8. The topological polar surface area (TPSA) is 55.4 Å². The lowest BCUT2D eigenvalue weighted by molar-refractivity contribution is -0.138. The van der Waals surface area contributed by atoms with Crippen LogP contribution in [0.1, 0.15) is 49.5 Å². The number of ether oxygens (including phenoxy) is 1.